The molecule has 4 rings (SSSR count). The van der Waals surface area contributed by atoms with Crippen molar-refractivity contribution in [2.75, 3.05) is 14.1 Å². The van der Waals surface area contributed by atoms with Crippen LogP contribution in [0.4, 0.5) is 0 Å². The molecule has 0 atom stereocenters. The van der Waals surface area contributed by atoms with Gasteiger partial charge in [0.1, 0.15) is 5.69 Å². The molecule has 0 spiro atoms. The van der Waals surface area contributed by atoms with Crippen LogP contribution in [-0.2, 0) is 13.0 Å². The Hall–Kier alpha value is -2.82. The summed E-state index contributed by atoms with van der Waals surface area (Å²) in [5.74, 6) is -0.0384. The van der Waals surface area contributed by atoms with E-state index in [0.29, 0.717) is 24.4 Å². The second-order valence-corrected chi connectivity index (χ2v) is 8.17. The van der Waals surface area contributed by atoms with Crippen molar-refractivity contribution in [1.29, 1.82) is 0 Å². The molecule has 0 radical (unpaired) electrons. The number of allylic oxidation sites excluding steroid dienone is 1. The van der Waals surface area contributed by atoms with Crippen LogP contribution in [0.2, 0.25) is 0 Å². The number of benzene rings is 1. The van der Waals surface area contributed by atoms with Crippen LogP contribution >= 0.6 is 0 Å². The van der Waals surface area contributed by atoms with Crippen molar-refractivity contribution in [3.05, 3.63) is 70.2 Å². The first-order valence-corrected chi connectivity index (χ1v) is 9.93. The lowest BCUT2D eigenvalue weighted by atomic mass is 9.92. The smallest absolute Gasteiger partial charge is 0.268 e. The molecular formula is C23H27N3O2. The van der Waals surface area contributed by atoms with Crippen molar-refractivity contribution < 1.29 is 9.59 Å². The predicted molar refractivity (Wildman–Crippen MR) is 110 cm³/mol. The molecule has 1 fully saturated rings. The number of aromatic nitrogens is 1. The maximum atomic E-state index is 13.3. The highest BCUT2D eigenvalue weighted by Gasteiger charge is 2.32. The van der Waals surface area contributed by atoms with Gasteiger partial charge in [-0.05, 0) is 49.8 Å². The zero-order valence-corrected chi connectivity index (χ0v) is 16.8. The molecule has 5 nitrogen and oxygen atoms in total. The highest BCUT2D eigenvalue weighted by molar-refractivity contribution is 6.11. The lowest BCUT2D eigenvalue weighted by Crippen LogP contribution is -2.29. The number of Topliss-reactive ketones (excluding diaryl/α,β-unsaturated/α-hetero) is 1. The van der Waals surface area contributed by atoms with Crippen LogP contribution in [0.15, 0.2) is 42.1 Å². The largest absolute Gasteiger partial charge is 0.383 e. The molecule has 1 N–H and O–H groups in total. The fourth-order valence-electron chi connectivity index (χ4n) is 3.87. The first-order chi connectivity index (χ1) is 13.4. The van der Waals surface area contributed by atoms with Gasteiger partial charge in [-0.3, -0.25) is 9.59 Å². The Bertz CT molecular complexity index is 964. The van der Waals surface area contributed by atoms with Crippen molar-refractivity contribution in [2.24, 2.45) is 0 Å². The number of hydrogen-bond acceptors (Lipinski definition) is 3. The van der Waals surface area contributed by atoms with Crippen LogP contribution in [0.3, 0.4) is 0 Å². The highest BCUT2D eigenvalue weighted by Crippen LogP contribution is 2.30. The van der Waals surface area contributed by atoms with Gasteiger partial charge in [0.2, 0.25) is 5.78 Å². The number of fused-ring (bicyclic) bond motifs is 1. The van der Waals surface area contributed by atoms with Gasteiger partial charge in [-0.25, -0.2) is 0 Å². The van der Waals surface area contributed by atoms with Gasteiger partial charge in [-0.15, -0.1) is 0 Å². The molecule has 1 aromatic carbocycles. The van der Waals surface area contributed by atoms with Crippen LogP contribution < -0.4 is 5.32 Å². The molecular weight excluding hydrogens is 350 g/mol. The SMILES string of the molecule is Cc1cccc(Cn2c(C(=O)NC3CC3)cc3c2C(=O)/C(=C/N(C)C)CC3)c1. The Balaban J connectivity index is 1.77. The molecule has 1 saturated carbocycles. The van der Waals surface area contributed by atoms with Crippen LogP contribution in [0.5, 0.6) is 0 Å². The normalized spacial score (nSPS) is 17.5. The number of aryl methyl sites for hydroxylation is 2. The van der Waals surface area contributed by atoms with E-state index in [1.54, 1.807) is 0 Å². The van der Waals surface area contributed by atoms with Gasteiger partial charge in [-0.2, -0.15) is 0 Å². The zero-order chi connectivity index (χ0) is 19.8. The second kappa shape index (κ2) is 7.30. The summed E-state index contributed by atoms with van der Waals surface area (Å²) in [5, 5.41) is 3.08. The average Bonchev–Trinajstić information content (AvgIpc) is 3.37. The lowest BCUT2D eigenvalue weighted by Gasteiger charge is -2.20. The summed E-state index contributed by atoms with van der Waals surface area (Å²) >= 11 is 0. The maximum absolute atomic E-state index is 13.3. The summed E-state index contributed by atoms with van der Waals surface area (Å²) in [5.41, 5.74) is 5.31. The maximum Gasteiger partial charge on any atom is 0.268 e. The number of amides is 1. The predicted octanol–water partition coefficient (Wildman–Crippen LogP) is 3.31. The van der Waals surface area contributed by atoms with Crippen molar-refractivity contribution in [1.82, 2.24) is 14.8 Å². The van der Waals surface area contributed by atoms with Gasteiger partial charge < -0.3 is 14.8 Å². The Kier molecular flexibility index (Phi) is 4.84. The van der Waals surface area contributed by atoms with E-state index in [0.717, 1.165) is 36.0 Å². The number of rotatable bonds is 5. The van der Waals surface area contributed by atoms with Crippen molar-refractivity contribution in [3.8, 4) is 0 Å². The highest BCUT2D eigenvalue weighted by atomic mass is 16.2. The number of carbonyl (C=O) groups is 2. The summed E-state index contributed by atoms with van der Waals surface area (Å²) in [6.45, 7) is 2.57. The van der Waals surface area contributed by atoms with E-state index in [2.05, 4.69) is 24.4 Å². The first kappa shape index (κ1) is 18.5. The quantitative estimate of drug-likeness (QED) is 0.814. The van der Waals surface area contributed by atoms with E-state index in [-0.39, 0.29) is 17.7 Å². The molecule has 146 valence electrons. The van der Waals surface area contributed by atoms with Gasteiger partial charge in [0.15, 0.2) is 0 Å². The zero-order valence-electron chi connectivity index (χ0n) is 16.8. The van der Waals surface area contributed by atoms with E-state index in [9.17, 15) is 9.59 Å². The van der Waals surface area contributed by atoms with Crippen LogP contribution in [0.25, 0.3) is 0 Å². The third kappa shape index (κ3) is 3.75. The minimum atomic E-state index is -0.0736. The molecule has 2 aromatic rings. The van der Waals surface area contributed by atoms with Gasteiger partial charge >= 0.3 is 0 Å². The standard InChI is InChI=1S/C23H27N3O2/c1-15-5-4-6-16(11-15)13-26-20(23(28)24-19-9-10-19)12-17-7-8-18(14-25(2)3)22(27)21(17)26/h4-6,11-12,14,19H,7-10,13H2,1-3H3,(H,24,28)/b18-14+. The first-order valence-electron chi connectivity index (χ1n) is 9.93. The Morgan fingerprint density at radius 2 is 2.04 bits per heavy atom. The fourth-order valence-corrected chi connectivity index (χ4v) is 3.87. The number of nitrogens with zero attached hydrogens (tertiary/aromatic N) is 2. The van der Waals surface area contributed by atoms with Crippen molar-refractivity contribution in [2.45, 2.75) is 45.2 Å². The van der Waals surface area contributed by atoms with E-state index in [1.165, 1.54) is 5.56 Å². The van der Waals surface area contributed by atoms with Gasteiger partial charge in [0, 0.05) is 38.5 Å². The molecule has 0 bridgehead atoms. The average molecular weight is 377 g/mol. The Morgan fingerprint density at radius 1 is 1.25 bits per heavy atom. The summed E-state index contributed by atoms with van der Waals surface area (Å²) in [6.07, 6.45) is 5.48. The molecule has 2 aliphatic rings. The van der Waals surface area contributed by atoms with Gasteiger partial charge in [-0.1, -0.05) is 29.8 Å². The molecule has 2 aliphatic carbocycles. The summed E-state index contributed by atoms with van der Waals surface area (Å²) in [4.78, 5) is 28.1. The third-order valence-corrected chi connectivity index (χ3v) is 5.33. The monoisotopic (exact) mass is 377 g/mol. The van der Waals surface area contributed by atoms with Gasteiger partial charge in [0.25, 0.3) is 5.91 Å². The number of hydrogen-bond donors (Lipinski definition) is 1. The Morgan fingerprint density at radius 3 is 2.71 bits per heavy atom. The second-order valence-electron chi connectivity index (χ2n) is 8.17. The molecule has 28 heavy (non-hydrogen) atoms. The topological polar surface area (TPSA) is 54.3 Å². The van der Waals surface area contributed by atoms with Crippen LogP contribution in [0.1, 0.15) is 56.9 Å². The molecule has 1 aromatic heterocycles. The van der Waals surface area contributed by atoms with E-state index < -0.39 is 0 Å². The summed E-state index contributed by atoms with van der Waals surface area (Å²) < 4.78 is 1.92. The number of ketones is 1. The number of carbonyl (C=O) groups excluding carboxylic acids is 2. The fraction of sp³-hybridized carbons (Fsp3) is 0.391. The minimum Gasteiger partial charge on any atom is -0.383 e. The van der Waals surface area contributed by atoms with E-state index in [4.69, 9.17) is 0 Å². The third-order valence-electron chi connectivity index (χ3n) is 5.33. The molecule has 0 aliphatic heterocycles. The molecule has 0 unspecified atom stereocenters. The van der Waals surface area contributed by atoms with E-state index in [1.807, 2.05) is 48.0 Å². The lowest BCUT2D eigenvalue weighted by molar-refractivity contribution is 0.0942. The summed E-state index contributed by atoms with van der Waals surface area (Å²) in [6, 6.07) is 10.4. The van der Waals surface area contributed by atoms with Gasteiger partial charge in [0.05, 0.1) is 5.69 Å². The molecule has 5 heteroatoms. The molecule has 1 heterocycles. The Labute approximate surface area is 166 Å². The van der Waals surface area contributed by atoms with Crippen LogP contribution in [-0.4, -0.2) is 41.3 Å². The molecule has 1 amide bonds. The van der Waals surface area contributed by atoms with E-state index >= 15 is 0 Å². The minimum absolute atomic E-state index is 0.0353. The van der Waals surface area contributed by atoms with Crippen molar-refractivity contribution >= 4 is 11.7 Å². The molecule has 0 saturated heterocycles. The number of nitrogens with one attached hydrogen (secondary N) is 1. The van der Waals surface area contributed by atoms with Crippen molar-refractivity contribution in [3.63, 3.8) is 0 Å². The van der Waals surface area contributed by atoms with Crippen LogP contribution in [0, 0.1) is 6.92 Å². The summed E-state index contributed by atoms with van der Waals surface area (Å²) in [7, 11) is 3.85.